The fraction of sp³-hybridized carbons (Fsp3) is 0.571. The van der Waals surface area contributed by atoms with Crippen LogP contribution in [0.15, 0.2) is 6.07 Å². The summed E-state index contributed by atoms with van der Waals surface area (Å²) in [5.41, 5.74) is 1.14. The predicted octanol–water partition coefficient (Wildman–Crippen LogP) is 1.94. The molecule has 0 saturated heterocycles. The highest BCUT2D eigenvalue weighted by atomic mass is 32.1. The molecule has 2 heterocycles. The van der Waals surface area contributed by atoms with Crippen molar-refractivity contribution in [2.75, 3.05) is 6.54 Å². The Morgan fingerprint density at radius 1 is 1.42 bits per heavy atom. The van der Waals surface area contributed by atoms with E-state index >= 15 is 0 Å². The summed E-state index contributed by atoms with van der Waals surface area (Å²) >= 11 is 1.58. The first-order chi connectivity index (χ1) is 9.26. The van der Waals surface area contributed by atoms with E-state index in [9.17, 15) is 9.59 Å². The van der Waals surface area contributed by atoms with Gasteiger partial charge in [0.25, 0.3) is 5.91 Å². The molecule has 1 saturated carbocycles. The Hall–Kier alpha value is -1.36. The maximum absolute atomic E-state index is 12.2. The highest BCUT2D eigenvalue weighted by Crippen LogP contribution is 2.28. The van der Waals surface area contributed by atoms with E-state index in [0.717, 1.165) is 42.7 Å². The number of hydrogen-bond donors (Lipinski definition) is 1. The number of carbonyl (C=O) groups excluding carboxylic acids is 2. The van der Waals surface area contributed by atoms with Gasteiger partial charge < -0.3 is 10.2 Å². The summed E-state index contributed by atoms with van der Waals surface area (Å²) in [7, 11) is 0. The van der Waals surface area contributed by atoms with Crippen molar-refractivity contribution >= 4 is 23.7 Å². The van der Waals surface area contributed by atoms with Crippen molar-refractivity contribution in [2.24, 2.45) is 0 Å². The van der Waals surface area contributed by atoms with Crippen molar-refractivity contribution in [3.8, 4) is 0 Å². The van der Waals surface area contributed by atoms with Gasteiger partial charge in [0.15, 0.2) is 0 Å². The summed E-state index contributed by atoms with van der Waals surface area (Å²) < 4.78 is 0. The quantitative estimate of drug-likeness (QED) is 0.859. The molecule has 0 atom stereocenters. The van der Waals surface area contributed by atoms with Gasteiger partial charge in [-0.15, -0.1) is 11.3 Å². The number of fused-ring (bicyclic) bond motifs is 1. The number of rotatable bonds is 3. The van der Waals surface area contributed by atoms with Gasteiger partial charge in [-0.1, -0.05) is 12.8 Å². The van der Waals surface area contributed by atoms with Crippen LogP contribution in [0.25, 0.3) is 0 Å². The molecule has 0 aromatic carbocycles. The van der Waals surface area contributed by atoms with Crippen LogP contribution in [0.4, 0.5) is 0 Å². The molecular weight excluding hydrogens is 260 g/mol. The maximum Gasteiger partial charge on any atom is 0.261 e. The molecule has 0 radical (unpaired) electrons. The zero-order chi connectivity index (χ0) is 13.2. The monoisotopic (exact) mass is 278 g/mol. The number of hydrogen-bond acceptors (Lipinski definition) is 3. The summed E-state index contributed by atoms with van der Waals surface area (Å²) in [5, 5.41) is 3.12. The number of nitrogens with one attached hydrogen (secondary N) is 1. The lowest BCUT2D eigenvalue weighted by molar-refractivity contribution is -0.118. The molecule has 5 heteroatoms. The highest BCUT2D eigenvalue weighted by Gasteiger charge is 2.23. The standard InChI is InChI=1S/C14H18N2O2S/c17-9-16-6-5-12-10(8-16)7-13(19-12)14(18)15-11-3-1-2-4-11/h7,9,11H,1-6,8H2,(H,15,18). The van der Waals surface area contributed by atoms with Crippen LogP contribution >= 0.6 is 11.3 Å². The molecule has 4 nitrogen and oxygen atoms in total. The van der Waals surface area contributed by atoms with Crippen molar-refractivity contribution in [2.45, 2.75) is 44.7 Å². The minimum absolute atomic E-state index is 0.0592. The lowest BCUT2D eigenvalue weighted by atomic mass is 10.1. The predicted molar refractivity (Wildman–Crippen MR) is 74.2 cm³/mol. The molecule has 1 N–H and O–H groups in total. The van der Waals surface area contributed by atoms with Gasteiger partial charge in [0.1, 0.15) is 0 Å². The zero-order valence-electron chi connectivity index (χ0n) is 10.9. The van der Waals surface area contributed by atoms with Crippen molar-refractivity contribution in [1.29, 1.82) is 0 Å². The van der Waals surface area contributed by atoms with Gasteiger partial charge in [-0.05, 0) is 30.9 Å². The zero-order valence-corrected chi connectivity index (χ0v) is 11.7. The molecule has 19 heavy (non-hydrogen) atoms. The molecule has 0 spiro atoms. The smallest absolute Gasteiger partial charge is 0.261 e. The molecule has 2 aliphatic rings. The Labute approximate surface area is 116 Å². The van der Waals surface area contributed by atoms with E-state index in [4.69, 9.17) is 0 Å². The number of carbonyl (C=O) groups is 2. The van der Waals surface area contributed by atoms with Crippen LogP contribution < -0.4 is 5.32 Å². The summed E-state index contributed by atoms with van der Waals surface area (Å²) in [4.78, 5) is 26.8. The van der Waals surface area contributed by atoms with Crippen LogP contribution in [0.2, 0.25) is 0 Å². The maximum atomic E-state index is 12.2. The fourth-order valence-electron chi connectivity index (χ4n) is 2.88. The first-order valence-corrected chi connectivity index (χ1v) is 7.69. The first kappa shape index (κ1) is 12.7. The van der Waals surface area contributed by atoms with E-state index in [0.29, 0.717) is 12.6 Å². The molecule has 1 aromatic rings. The van der Waals surface area contributed by atoms with E-state index in [1.54, 1.807) is 16.2 Å². The van der Waals surface area contributed by atoms with E-state index in [1.807, 2.05) is 6.07 Å². The molecule has 0 bridgehead atoms. The van der Waals surface area contributed by atoms with Crippen LogP contribution in [-0.4, -0.2) is 29.8 Å². The van der Waals surface area contributed by atoms with Crippen molar-refractivity contribution in [3.63, 3.8) is 0 Å². The van der Waals surface area contributed by atoms with Gasteiger partial charge in [0, 0.05) is 24.0 Å². The number of nitrogens with zero attached hydrogens (tertiary/aromatic N) is 1. The average Bonchev–Trinajstić information content (AvgIpc) is 3.05. The summed E-state index contributed by atoms with van der Waals surface area (Å²) in [6.45, 7) is 1.41. The Morgan fingerprint density at radius 2 is 2.21 bits per heavy atom. The molecule has 1 aliphatic carbocycles. The van der Waals surface area contributed by atoms with Crippen molar-refractivity contribution in [1.82, 2.24) is 10.2 Å². The Bertz CT molecular complexity index is 492. The molecule has 3 rings (SSSR count). The molecule has 1 aromatic heterocycles. The third-order valence-electron chi connectivity index (χ3n) is 3.96. The number of thiophene rings is 1. The third-order valence-corrected chi connectivity index (χ3v) is 5.20. The lowest BCUT2D eigenvalue weighted by Crippen LogP contribution is -2.32. The molecule has 0 unspecified atom stereocenters. The summed E-state index contributed by atoms with van der Waals surface area (Å²) in [6.07, 6.45) is 6.42. The molecule has 2 amide bonds. The van der Waals surface area contributed by atoms with Crippen LogP contribution in [0.5, 0.6) is 0 Å². The molecule has 1 aliphatic heterocycles. The third kappa shape index (κ3) is 2.66. The van der Waals surface area contributed by atoms with Gasteiger partial charge in [0.2, 0.25) is 6.41 Å². The topological polar surface area (TPSA) is 49.4 Å². The second kappa shape index (κ2) is 5.33. The Kier molecular flexibility index (Phi) is 3.55. The van der Waals surface area contributed by atoms with Crippen molar-refractivity contribution < 1.29 is 9.59 Å². The van der Waals surface area contributed by atoms with Crippen LogP contribution in [0, 0.1) is 0 Å². The van der Waals surface area contributed by atoms with Gasteiger partial charge in [-0.2, -0.15) is 0 Å². The Morgan fingerprint density at radius 3 is 2.95 bits per heavy atom. The summed E-state index contributed by atoms with van der Waals surface area (Å²) in [5.74, 6) is 0.0592. The van der Waals surface area contributed by atoms with E-state index in [2.05, 4.69) is 5.32 Å². The second-order valence-corrected chi connectivity index (χ2v) is 6.48. The molecule has 102 valence electrons. The second-order valence-electron chi connectivity index (χ2n) is 5.34. The molecule has 1 fully saturated rings. The van der Waals surface area contributed by atoms with E-state index < -0.39 is 0 Å². The molecular formula is C14H18N2O2S. The van der Waals surface area contributed by atoms with Crippen LogP contribution in [0.1, 0.15) is 45.8 Å². The van der Waals surface area contributed by atoms with E-state index in [1.165, 1.54) is 17.7 Å². The fourth-order valence-corrected chi connectivity index (χ4v) is 3.95. The van der Waals surface area contributed by atoms with Gasteiger partial charge >= 0.3 is 0 Å². The highest BCUT2D eigenvalue weighted by molar-refractivity contribution is 7.14. The van der Waals surface area contributed by atoms with Crippen LogP contribution in [0.3, 0.4) is 0 Å². The Balaban J connectivity index is 1.70. The SMILES string of the molecule is O=CN1CCc2sc(C(=O)NC3CCCC3)cc2C1. The average molecular weight is 278 g/mol. The summed E-state index contributed by atoms with van der Waals surface area (Å²) in [6, 6.07) is 2.32. The van der Waals surface area contributed by atoms with Gasteiger partial charge in [-0.25, -0.2) is 0 Å². The number of amides is 2. The minimum Gasteiger partial charge on any atom is -0.349 e. The van der Waals surface area contributed by atoms with Gasteiger partial charge in [0.05, 0.1) is 4.88 Å². The normalized spacial score (nSPS) is 19.3. The van der Waals surface area contributed by atoms with Gasteiger partial charge in [-0.3, -0.25) is 9.59 Å². The largest absolute Gasteiger partial charge is 0.349 e. The minimum atomic E-state index is 0.0592. The first-order valence-electron chi connectivity index (χ1n) is 6.88. The lowest BCUT2D eigenvalue weighted by Gasteiger charge is -2.22. The van der Waals surface area contributed by atoms with E-state index in [-0.39, 0.29) is 5.91 Å². The van der Waals surface area contributed by atoms with Crippen LogP contribution in [-0.2, 0) is 17.8 Å². The van der Waals surface area contributed by atoms with Crippen molar-refractivity contribution in [3.05, 3.63) is 21.4 Å².